The van der Waals surface area contributed by atoms with Gasteiger partial charge in [-0.3, -0.25) is 4.79 Å². The molecule has 0 atom stereocenters. The van der Waals surface area contributed by atoms with E-state index in [1.165, 1.54) is 6.07 Å². The molecule has 14 heteroatoms. The fourth-order valence-electron chi connectivity index (χ4n) is 4.81. The molecule has 10 nitrogen and oxygen atoms in total. The zero-order valence-electron chi connectivity index (χ0n) is 23.7. The lowest BCUT2D eigenvalue weighted by molar-refractivity contribution is -0.192. The summed E-state index contributed by atoms with van der Waals surface area (Å²) in [5.41, 5.74) is 3.64. The molecule has 4 N–H and O–H groups in total. The van der Waals surface area contributed by atoms with Crippen LogP contribution in [0.5, 0.6) is 17.2 Å². The van der Waals surface area contributed by atoms with Crippen LogP contribution in [-0.2, 0) is 4.79 Å². The summed E-state index contributed by atoms with van der Waals surface area (Å²) < 4.78 is 44.5. The van der Waals surface area contributed by atoms with Crippen molar-refractivity contribution in [1.29, 1.82) is 0 Å². The van der Waals surface area contributed by atoms with Gasteiger partial charge in [0.05, 0.1) is 30.5 Å². The van der Waals surface area contributed by atoms with Gasteiger partial charge in [0.15, 0.2) is 0 Å². The number of hydrogen-bond donors (Lipinski definition) is 4. The van der Waals surface area contributed by atoms with Crippen molar-refractivity contribution in [3.63, 3.8) is 0 Å². The van der Waals surface area contributed by atoms with Gasteiger partial charge >= 0.3 is 12.1 Å². The predicted molar refractivity (Wildman–Crippen MR) is 158 cm³/mol. The van der Waals surface area contributed by atoms with Crippen LogP contribution in [0.25, 0.3) is 16.9 Å². The van der Waals surface area contributed by atoms with E-state index in [1.807, 2.05) is 28.9 Å². The first-order valence-corrected chi connectivity index (χ1v) is 13.8. The number of aliphatic carboxylic acids is 1. The Kier molecular flexibility index (Phi) is 10.1. The highest BCUT2D eigenvalue weighted by Gasteiger charge is 2.38. The van der Waals surface area contributed by atoms with Gasteiger partial charge in [0.25, 0.3) is 5.91 Å². The highest BCUT2D eigenvalue weighted by molar-refractivity contribution is 6.32. The van der Waals surface area contributed by atoms with Crippen molar-refractivity contribution < 1.29 is 42.4 Å². The van der Waals surface area contributed by atoms with E-state index >= 15 is 0 Å². The Labute approximate surface area is 255 Å². The predicted octanol–water partition coefficient (Wildman–Crippen LogP) is 6.16. The number of phenols is 1. The fraction of sp³-hybridized carbons (Fsp3) is 0.300. The number of amides is 1. The quantitative estimate of drug-likeness (QED) is 0.190. The van der Waals surface area contributed by atoms with Gasteiger partial charge in [-0.2, -0.15) is 13.2 Å². The number of hydrogen-bond acceptors (Lipinski definition) is 7. The highest BCUT2D eigenvalue weighted by Crippen LogP contribution is 2.38. The monoisotopic (exact) mass is 634 g/mol. The molecule has 4 aromatic rings. The van der Waals surface area contributed by atoms with Crippen LogP contribution in [0.2, 0.25) is 5.02 Å². The van der Waals surface area contributed by atoms with Crippen LogP contribution in [0.15, 0.2) is 60.9 Å². The Morgan fingerprint density at radius 2 is 1.64 bits per heavy atom. The summed E-state index contributed by atoms with van der Waals surface area (Å²) >= 11 is 6.36. The number of aromatic hydroxyl groups is 1. The molecule has 2 aromatic heterocycles. The maximum atomic E-state index is 12.5. The Bertz CT molecular complexity index is 1640. The Balaban J connectivity index is 0.000000566. The molecule has 1 amide bonds. The van der Waals surface area contributed by atoms with Crippen molar-refractivity contribution in [3.8, 4) is 28.5 Å². The van der Waals surface area contributed by atoms with E-state index in [1.54, 1.807) is 44.6 Å². The third kappa shape index (κ3) is 7.84. The molecule has 0 radical (unpaired) electrons. The largest absolute Gasteiger partial charge is 0.507 e. The number of imidazole rings is 1. The number of phenolic OH excluding ortho intramolecular Hbond substituents is 1. The van der Waals surface area contributed by atoms with Gasteiger partial charge in [-0.15, -0.1) is 0 Å². The molecule has 0 bridgehead atoms. The summed E-state index contributed by atoms with van der Waals surface area (Å²) in [7, 11) is 3.17. The molecule has 0 saturated heterocycles. The van der Waals surface area contributed by atoms with E-state index in [0.29, 0.717) is 28.1 Å². The zero-order valence-corrected chi connectivity index (χ0v) is 24.4. The minimum absolute atomic E-state index is 0.00132. The van der Waals surface area contributed by atoms with Gasteiger partial charge in [0.2, 0.25) is 0 Å². The van der Waals surface area contributed by atoms with Gasteiger partial charge < -0.3 is 34.7 Å². The molecule has 0 aliphatic heterocycles. The molecule has 1 saturated carbocycles. The first-order chi connectivity index (χ1) is 20.9. The van der Waals surface area contributed by atoms with E-state index < -0.39 is 12.1 Å². The van der Waals surface area contributed by atoms with E-state index in [2.05, 4.69) is 10.6 Å². The molecule has 2 aromatic carbocycles. The number of pyridine rings is 1. The maximum absolute atomic E-state index is 12.5. The topological polar surface area (TPSA) is 134 Å². The van der Waals surface area contributed by atoms with Crippen LogP contribution < -0.4 is 20.1 Å². The Morgan fingerprint density at radius 1 is 1.00 bits per heavy atom. The molecule has 44 heavy (non-hydrogen) atoms. The molecule has 2 heterocycles. The van der Waals surface area contributed by atoms with Crippen LogP contribution in [0.4, 0.5) is 18.9 Å². The molecule has 234 valence electrons. The zero-order chi connectivity index (χ0) is 32.0. The number of carboxylic acid groups (broad SMARTS) is 1. The second-order valence-electron chi connectivity index (χ2n) is 9.98. The molecule has 1 aliphatic carbocycles. The summed E-state index contributed by atoms with van der Waals surface area (Å²) in [5, 5.41) is 24.2. The minimum atomic E-state index is -5.08. The molecular weight excluding hydrogens is 605 g/mol. The maximum Gasteiger partial charge on any atom is 0.490 e. The van der Waals surface area contributed by atoms with E-state index in [4.69, 9.17) is 36.0 Å². The second kappa shape index (κ2) is 13.8. The Morgan fingerprint density at radius 3 is 2.25 bits per heavy atom. The third-order valence-corrected chi connectivity index (χ3v) is 7.33. The number of alkyl halides is 3. The number of nitrogens with zero attached hydrogens (tertiary/aromatic N) is 2. The molecule has 1 aliphatic rings. The average molecular weight is 635 g/mol. The van der Waals surface area contributed by atoms with Gasteiger partial charge in [0.1, 0.15) is 22.9 Å². The lowest BCUT2D eigenvalue weighted by Crippen LogP contribution is -2.40. The number of benzene rings is 2. The number of aromatic nitrogens is 2. The van der Waals surface area contributed by atoms with Crippen molar-refractivity contribution in [2.45, 2.75) is 43.9 Å². The number of para-hydroxylation sites is 1. The number of rotatable bonds is 7. The number of fused-ring (bicyclic) bond motifs is 1. The van der Waals surface area contributed by atoms with Crippen LogP contribution in [0.1, 0.15) is 36.0 Å². The number of nitrogens with one attached hydrogen (secondary N) is 2. The number of carboxylic acids is 1. The normalized spacial score (nSPS) is 16.4. The summed E-state index contributed by atoms with van der Waals surface area (Å²) in [4.78, 5) is 26.2. The van der Waals surface area contributed by atoms with Crippen LogP contribution in [0.3, 0.4) is 0 Å². The number of carbonyl (C=O) groups is 2. The number of methoxy groups -OCH3 is 2. The van der Waals surface area contributed by atoms with Crippen molar-refractivity contribution >= 4 is 34.8 Å². The summed E-state index contributed by atoms with van der Waals surface area (Å²) in [6, 6.07) is 14.6. The highest BCUT2D eigenvalue weighted by atomic mass is 35.5. The van der Waals surface area contributed by atoms with Crippen molar-refractivity contribution in [2.75, 3.05) is 19.5 Å². The standard InChI is InChI=1S/C28H29ClN4O4.C2HF3O2/c1-36-25-15-26(37-2)22(29)14-21(25)23-16-33-12-11-19(13-27(33)32-23)30-17-7-9-18(10-8-17)31-28(35)20-5-3-4-6-24(20)34;3-2(4,5)1(6)7/h3-6,11-18,30,34H,7-10H2,1-2H3,(H,31,35);(H,6,7). The van der Waals surface area contributed by atoms with E-state index in [0.717, 1.165) is 48.3 Å². The number of anilines is 1. The summed E-state index contributed by atoms with van der Waals surface area (Å²) in [6.07, 6.45) is 2.42. The lowest BCUT2D eigenvalue weighted by atomic mass is 9.90. The van der Waals surface area contributed by atoms with Gasteiger partial charge in [-0.25, -0.2) is 9.78 Å². The molecule has 0 unspecified atom stereocenters. The van der Waals surface area contributed by atoms with Crippen molar-refractivity contribution in [1.82, 2.24) is 14.7 Å². The molecule has 1 fully saturated rings. The SMILES string of the molecule is COc1cc(OC)c(-c2cn3ccc(NC4CCC(NC(=O)c5ccccc5O)CC4)cc3n2)cc1Cl.O=C(O)C(F)(F)F. The Hall–Kier alpha value is -4.65. The number of ether oxygens (including phenoxy) is 2. The smallest absolute Gasteiger partial charge is 0.490 e. The first-order valence-electron chi connectivity index (χ1n) is 13.5. The first kappa shape index (κ1) is 32.3. The molecule has 5 rings (SSSR count). The van der Waals surface area contributed by atoms with Gasteiger partial charge in [0, 0.05) is 47.9 Å². The molecular formula is C30H30ClF3N4O6. The van der Waals surface area contributed by atoms with Crippen molar-refractivity contribution in [3.05, 3.63) is 71.5 Å². The summed E-state index contributed by atoms with van der Waals surface area (Å²) in [6.45, 7) is 0. The number of halogens is 4. The summed E-state index contributed by atoms with van der Waals surface area (Å²) in [5.74, 6) is -1.81. The van der Waals surface area contributed by atoms with Gasteiger partial charge in [-0.05, 0) is 49.9 Å². The third-order valence-electron chi connectivity index (χ3n) is 7.03. The van der Waals surface area contributed by atoms with E-state index in [-0.39, 0.29) is 17.7 Å². The van der Waals surface area contributed by atoms with E-state index in [9.17, 15) is 23.1 Å². The average Bonchev–Trinajstić information content (AvgIpc) is 3.41. The van der Waals surface area contributed by atoms with Crippen LogP contribution in [-0.4, -0.2) is 64.0 Å². The van der Waals surface area contributed by atoms with Crippen LogP contribution >= 0.6 is 11.6 Å². The molecule has 0 spiro atoms. The number of carbonyl (C=O) groups excluding carboxylic acids is 1. The fourth-order valence-corrected chi connectivity index (χ4v) is 5.05. The second-order valence-corrected chi connectivity index (χ2v) is 10.4. The van der Waals surface area contributed by atoms with Crippen LogP contribution in [0, 0.1) is 0 Å². The lowest BCUT2D eigenvalue weighted by Gasteiger charge is -2.30. The van der Waals surface area contributed by atoms with Crippen molar-refractivity contribution in [2.24, 2.45) is 0 Å². The minimum Gasteiger partial charge on any atom is -0.507 e. The van der Waals surface area contributed by atoms with Gasteiger partial charge in [-0.1, -0.05) is 23.7 Å².